The van der Waals surface area contributed by atoms with Crippen molar-refractivity contribution in [3.05, 3.63) is 53.1 Å². The van der Waals surface area contributed by atoms with Crippen molar-refractivity contribution in [1.29, 1.82) is 0 Å². The van der Waals surface area contributed by atoms with Crippen LogP contribution < -0.4 is 20.7 Å². The van der Waals surface area contributed by atoms with Crippen molar-refractivity contribution >= 4 is 30.0 Å². The molecule has 2 saturated heterocycles. The number of nitrogens with one attached hydrogen (secondary N) is 3. The zero-order valence-electron chi connectivity index (χ0n) is 25.9. The monoisotopic (exact) mass is 596 g/mol. The quantitative estimate of drug-likeness (QED) is 0.272. The van der Waals surface area contributed by atoms with Gasteiger partial charge >= 0.3 is 6.03 Å². The summed E-state index contributed by atoms with van der Waals surface area (Å²) in [5, 5.41) is 7.37. The zero-order valence-corrected chi connectivity index (χ0v) is 25.9. The van der Waals surface area contributed by atoms with E-state index in [4.69, 9.17) is 4.74 Å². The molecule has 43 heavy (non-hydrogen) atoms. The minimum absolute atomic E-state index is 0.00278. The van der Waals surface area contributed by atoms with Crippen LogP contribution in [0.4, 0.5) is 9.18 Å². The fourth-order valence-electron chi connectivity index (χ4n) is 4.33. The van der Waals surface area contributed by atoms with Crippen LogP contribution in [-0.2, 0) is 16.1 Å². The van der Waals surface area contributed by atoms with Gasteiger partial charge < -0.3 is 25.2 Å². The Morgan fingerprint density at radius 1 is 1.23 bits per heavy atom. The first-order chi connectivity index (χ1) is 20.3. The van der Waals surface area contributed by atoms with Crippen LogP contribution in [0, 0.1) is 23.6 Å². The number of hydrogen-bond acceptors (Lipinski definition) is 7. The van der Waals surface area contributed by atoms with Crippen molar-refractivity contribution in [3.63, 3.8) is 0 Å². The number of benzene rings is 1. The molecule has 3 heterocycles. The number of ether oxygens (including phenoxy) is 1. The highest BCUT2D eigenvalue weighted by molar-refractivity contribution is 6.08. The molecule has 1 atom stereocenters. The van der Waals surface area contributed by atoms with Gasteiger partial charge in [-0.25, -0.2) is 9.18 Å². The normalized spacial score (nSPS) is 20.0. The van der Waals surface area contributed by atoms with Gasteiger partial charge in [0.15, 0.2) is 17.1 Å². The number of likely N-dealkylation sites (tertiary alicyclic amines) is 1. The van der Waals surface area contributed by atoms with Crippen molar-refractivity contribution in [1.82, 2.24) is 25.8 Å². The molecule has 0 radical (unpaired) electrons. The minimum Gasteiger partial charge on any atom is -0.494 e. The second-order valence-electron chi connectivity index (χ2n) is 10.2. The number of methoxy groups -OCH3 is 1. The van der Waals surface area contributed by atoms with E-state index in [-0.39, 0.29) is 29.0 Å². The molecular formula is C31H41FN6O5. The fraction of sp³-hybridized carbons (Fsp3) is 0.452. The first-order valence-corrected chi connectivity index (χ1v) is 14.0. The summed E-state index contributed by atoms with van der Waals surface area (Å²) in [4.78, 5) is 54.3. The van der Waals surface area contributed by atoms with E-state index in [1.54, 1.807) is 26.1 Å². The van der Waals surface area contributed by atoms with Crippen LogP contribution in [0.3, 0.4) is 0 Å². The smallest absolute Gasteiger partial charge is 0.323 e. The molecule has 11 nitrogen and oxygen atoms in total. The van der Waals surface area contributed by atoms with Crippen molar-refractivity contribution in [2.45, 2.75) is 52.6 Å². The lowest BCUT2D eigenvalue weighted by molar-refractivity contribution is -0.125. The van der Waals surface area contributed by atoms with Gasteiger partial charge in [-0.2, -0.15) is 0 Å². The fourth-order valence-corrected chi connectivity index (χ4v) is 4.33. The molecule has 4 rings (SSSR count). The van der Waals surface area contributed by atoms with Gasteiger partial charge in [0.05, 0.1) is 18.4 Å². The lowest BCUT2D eigenvalue weighted by Crippen LogP contribution is -2.42. The predicted octanol–water partition coefficient (Wildman–Crippen LogP) is 2.98. The molecule has 5 amide bonds. The molecule has 0 spiro atoms. The molecule has 0 bridgehead atoms. The van der Waals surface area contributed by atoms with E-state index in [1.165, 1.54) is 31.3 Å². The molecule has 3 aliphatic rings. The standard InChI is InChI=1S/C19H25N5O3.C10H10FNO2.C2H6/c1-13(5-8-19(3)17(26)22-18(27)23-19)11-20-12-14(2)21-16(25)15-6-9-24(4)10-7-15;1-12-5-6-3-4-7(14-2)9(11)8(6)10(12)13;1-2/h11-12,15H,2,6-7,9-10H2,1,3-4H3,(H,21,25)(H2,22,23,26,27);3-4H,5H2,1-2H3;1-2H3/b13-11+,20-12?;;/t19-;;/m0../s1. The van der Waals surface area contributed by atoms with Crippen LogP contribution in [0.2, 0.25) is 0 Å². The van der Waals surface area contributed by atoms with Crippen molar-refractivity contribution in [2.75, 3.05) is 34.3 Å². The van der Waals surface area contributed by atoms with Crippen molar-refractivity contribution < 1.29 is 28.3 Å². The van der Waals surface area contributed by atoms with Crippen LogP contribution in [0.5, 0.6) is 5.75 Å². The number of nitrogens with zero attached hydrogens (tertiary/aromatic N) is 3. The topological polar surface area (TPSA) is 132 Å². The summed E-state index contributed by atoms with van der Waals surface area (Å²) in [5.41, 5.74) is 0.616. The van der Waals surface area contributed by atoms with E-state index in [0.29, 0.717) is 17.8 Å². The molecule has 0 aromatic heterocycles. The van der Waals surface area contributed by atoms with Crippen molar-refractivity contribution in [2.24, 2.45) is 10.9 Å². The van der Waals surface area contributed by atoms with Crippen LogP contribution in [0.1, 0.15) is 56.5 Å². The minimum atomic E-state index is -1.25. The molecule has 2 fully saturated rings. The van der Waals surface area contributed by atoms with Gasteiger partial charge in [-0.3, -0.25) is 24.7 Å². The first-order valence-electron chi connectivity index (χ1n) is 14.0. The van der Waals surface area contributed by atoms with Gasteiger partial charge in [-0.1, -0.05) is 38.3 Å². The Morgan fingerprint density at radius 2 is 1.88 bits per heavy atom. The van der Waals surface area contributed by atoms with Gasteiger partial charge in [-0.15, -0.1) is 0 Å². The molecular weight excluding hydrogens is 555 g/mol. The van der Waals surface area contributed by atoms with Gasteiger partial charge in [0.2, 0.25) is 5.91 Å². The number of rotatable bonds is 5. The number of carbonyl (C=O) groups excluding carboxylic acids is 4. The van der Waals surface area contributed by atoms with Crippen LogP contribution >= 0.6 is 0 Å². The van der Waals surface area contributed by atoms with E-state index in [2.05, 4.69) is 44.3 Å². The number of allylic oxidation sites excluding steroid dienone is 2. The van der Waals surface area contributed by atoms with Crippen molar-refractivity contribution in [3.8, 4) is 17.6 Å². The number of hydrogen-bond donors (Lipinski definition) is 3. The molecule has 232 valence electrons. The SMILES string of the molecule is C=C(C=N/C=C(\C)C#C[C@]1(C)NC(=O)NC1=O)NC(=O)C1CCN(C)CC1.CC.COc1ccc2c(c1F)C(=O)N(C)C2. The molecule has 0 saturated carbocycles. The number of carbonyl (C=O) groups is 4. The van der Waals surface area contributed by atoms with E-state index < -0.39 is 23.3 Å². The Morgan fingerprint density at radius 3 is 2.47 bits per heavy atom. The molecule has 3 N–H and O–H groups in total. The molecule has 3 aliphatic heterocycles. The van der Waals surface area contributed by atoms with E-state index in [0.717, 1.165) is 31.5 Å². The highest BCUT2D eigenvalue weighted by Gasteiger charge is 2.40. The third kappa shape index (κ3) is 9.24. The van der Waals surface area contributed by atoms with Crippen LogP contribution in [-0.4, -0.2) is 79.6 Å². The number of halogens is 1. The van der Waals surface area contributed by atoms with Crippen LogP contribution in [0.15, 0.2) is 41.2 Å². The Kier molecular flexibility index (Phi) is 12.6. The average Bonchev–Trinajstić information content (AvgIpc) is 3.41. The number of piperidine rings is 1. The highest BCUT2D eigenvalue weighted by Crippen LogP contribution is 2.29. The Balaban J connectivity index is 0.000000336. The largest absolute Gasteiger partial charge is 0.494 e. The van der Waals surface area contributed by atoms with Gasteiger partial charge in [0, 0.05) is 37.5 Å². The number of urea groups is 1. The average molecular weight is 597 g/mol. The summed E-state index contributed by atoms with van der Waals surface area (Å²) >= 11 is 0. The summed E-state index contributed by atoms with van der Waals surface area (Å²) in [6.07, 6.45) is 4.62. The van der Waals surface area contributed by atoms with Gasteiger partial charge in [-0.05, 0) is 58.5 Å². The summed E-state index contributed by atoms with van der Waals surface area (Å²) in [5.74, 6) is 4.28. The molecule has 0 unspecified atom stereocenters. The second kappa shape index (κ2) is 15.7. The van der Waals surface area contributed by atoms with Gasteiger partial charge in [0.25, 0.3) is 11.8 Å². The number of imide groups is 1. The summed E-state index contributed by atoms with van der Waals surface area (Å²) in [6, 6.07) is 2.70. The number of amides is 5. The molecule has 1 aromatic carbocycles. The summed E-state index contributed by atoms with van der Waals surface area (Å²) < 4.78 is 18.4. The Labute approximate surface area is 252 Å². The van der Waals surface area contributed by atoms with Gasteiger partial charge in [0.1, 0.15) is 0 Å². The highest BCUT2D eigenvalue weighted by atomic mass is 19.1. The van der Waals surface area contributed by atoms with Crippen LogP contribution in [0.25, 0.3) is 0 Å². The Hall–Kier alpha value is -4.50. The van der Waals surface area contributed by atoms with E-state index >= 15 is 0 Å². The number of aliphatic imine (C=N–C) groups is 1. The first kappa shape index (κ1) is 34.7. The maximum Gasteiger partial charge on any atom is 0.323 e. The zero-order chi connectivity index (χ0) is 32.3. The molecule has 1 aromatic rings. The maximum absolute atomic E-state index is 13.6. The third-order valence-electron chi connectivity index (χ3n) is 6.81. The summed E-state index contributed by atoms with van der Waals surface area (Å²) in [7, 11) is 5.08. The molecule has 0 aliphatic carbocycles. The van der Waals surface area contributed by atoms with E-state index in [9.17, 15) is 23.6 Å². The molecule has 12 heteroatoms. The predicted molar refractivity (Wildman–Crippen MR) is 163 cm³/mol. The Bertz CT molecular complexity index is 1370. The lowest BCUT2D eigenvalue weighted by atomic mass is 9.96. The maximum atomic E-state index is 13.6. The second-order valence-corrected chi connectivity index (χ2v) is 10.2. The third-order valence-corrected chi connectivity index (χ3v) is 6.81. The lowest BCUT2D eigenvalue weighted by Gasteiger charge is -2.27. The van der Waals surface area contributed by atoms with E-state index in [1.807, 2.05) is 20.9 Å². The number of fused-ring (bicyclic) bond motifs is 1. The summed E-state index contributed by atoms with van der Waals surface area (Å²) in [6.45, 7) is 13.3.